The highest BCUT2D eigenvalue weighted by Crippen LogP contribution is 2.26. The molecule has 4 rings (SSSR count). The number of hydrogen-bond donors (Lipinski definition) is 1. The fourth-order valence-electron chi connectivity index (χ4n) is 3.81. The number of likely N-dealkylation sites (tertiary alicyclic amines) is 1. The van der Waals surface area contributed by atoms with Crippen LogP contribution in [0.25, 0.3) is 0 Å². The molecule has 1 atom stereocenters. The molecule has 8 nitrogen and oxygen atoms in total. The normalized spacial score (nSPS) is 19.6. The van der Waals surface area contributed by atoms with E-state index < -0.39 is 0 Å². The fourth-order valence-corrected chi connectivity index (χ4v) is 3.81. The SMILES string of the molecule is O=C(COc1ccc(F)cc1)N1CCC[C@H](c2cc(C(=O)N3CCOCC3)n[nH]2)C1. The van der Waals surface area contributed by atoms with Gasteiger partial charge < -0.3 is 19.3 Å². The predicted octanol–water partition coefficient (Wildman–Crippen LogP) is 1.81. The van der Waals surface area contributed by atoms with Crippen molar-refractivity contribution in [3.05, 3.63) is 47.5 Å². The van der Waals surface area contributed by atoms with Crippen molar-refractivity contribution in [3.8, 4) is 5.75 Å². The summed E-state index contributed by atoms with van der Waals surface area (Å²) in [7, 11) is 0. The lowest BCUT2D eigenvalue weighted by atomic mass is 9.94. The minimum atomic E-state index is -0.349. The summed E-state index contributed by atoms with van der Waals surface area (Å²) in [4.78, 5) is 28.7. The number of aromatic amines is 1. The van der Waals surface area contributed by atoms with Crippen LogP contribution < -0.4 is 4.74 Å². The molecule has 0 bridgehead atoms. The maximum Gasteiger partial charge on any atom is 0.274 e. The minimum Gasteiger partial charge on any atom is -0.484 e. The van der Waals surface area contributed by atoms with Gasteiger partial charge in [0.15, 0.2) is 6.61 Å². The predicted molar refractivity (Wildman–Crippen MR) is 106 cm³/mol. The molecule has 9 heteroatoms. The van der Waals surface area contributed by atoms with Crippen LogP contribution in [0.1, 0.15) is 34.9 Å². The molecule has 30 heavy (non-hydrogen) atoms. The van der Waals surface area contributed by atoms with Gasteiger partial charge in [-0.2, -0.15) is 5.10 Å². The smallest absolute Gasteiger partial charge is 0.274 e. The minimum absolute atomic E-state index is 0.0901. The molecule has 0 unspecified atom stereocenters. The quantitative estimate of drug-likeness (QED) is 0.803. The van der Waals surface area contributed by atoms with Crippen LogP contribution in [0.4, 0.5) is 4.39 Å². The van der Waals surface area contributed by atoms with Gasteiger partial charge >= 0.3 is 0 Å². The number of piperidine rings is 1. The summed E-state index contributed by atoms with van der Waals surface area (Å²) >= 11 is 0. The first kappa shape index (κ1) is 20.3. The highest BCUT2D eigenvalue weighted by Gasteiger charge is 2.28. The summed E-state index contributed by atoms with van der Waals surface area (Å²) in [5.74, 6) is -0.0191. The Morgan fingerprint density at radius 1 is 1.17 bits per heavy atom. The van der Waals surface area contributed by atoms with E-state index in [0.717, 1.165) is 18.5 Å². The average Bonchev–Trinajstić information content (AvgIpc) is 3.29. The average molecular weight is 416 g/mol. The number of halogens is 1. The standard InChI is InChI=1S/C21H25FN4O4/c22-16-3-5-17(6-4-16)30-14-20(27)26-7-1-2-15(13-26)18-12-19(24-23-18)21(28)25-8-10-29-11-9-25/h3-6,12,15H,1-2,7-11,13-14H2,(H,23,24)/t15-/m0/s1. The summed E-state index contributed by atoms with van der Waals surface area (Å²) in [6, 6.07) is 7.39. The number of nitrogens with zero attached hydrogens (tertiary/aromatic N) is 3. The topological polar surface area (TPSA) is 87.8 Å². The van der Waals surface area contributed by atoms with Gasteiger partial charge in [0.2, 0.25) is 0 Å². The van der Waals surface area contributed by atoms with Crippen LogP contribution in [0.5, 0.6) is 5.75 Å². The molecule has 2 aliphatic heterocycles. The molecule has 2 aliphatic rings. The lowest BCUT2D eigenvalue weighted by Crippen LogP contribution is -2.41. The third-order valence-corrected chi connectivity index (χ3v) is 5.50. The molecular formula is C21H25FN4O4. The van der Waals surface area contributed by atoms with Gasteiger partial charge in [-0.25, -0.2) is 4.39 Å². The number of carbonyl (C=O) groups excluding carboxylic acids is 2. The van der Waals surface area contributed by atoms with E-state index in [0.29, 0.717) is 50.8 Å². The number of ether oxygens (including phenoxy) is 2. The number of amides is 2. The first-order chi connectivity index (χ1) is 14.6. The molecule has 0 spiro atoms. The van der Waals surface area contributed by atoms with Crippen LogP contribution in [-0.4, -0.2) is 77.8 Å². The lowest BCUT2D eigenvalue weighted by Gasteiger charge is -2.32. The van der Waals surface area contributed by atoms with Crippen molar-refractivity contribution in [1.82, 2.24) is 20.0 Å². The largest absolute Gasteiger partial charge is 0.484 e. The number of rotatable bonds is 5. The van der Waals surface area contributed by atoms with E-state index in [2.05, 4.69) is 10.2 Å². The van der Waals surface area contributed by atoms with E-state index in [-0.39, 0.29) is 30.2 Å². The van der Waals surface area contributed by atoms with Crippen LogP contribution in [0.15, 0.2) is 30.3 Å². The van der Waals surface area contributed by atoms with Crippen LogP contribution in [-0.2, 0) is 9.53 Å². The van der Waals surface area contributed by atoms with Crippen molar-refractivity contribution in [2.45, 2.75) is 18.8 Å². The molecule has 0 saturated carbocycles. The molecular weight excluding hydrogens is 391 g/mol. The lowest BCUT2D eigenvalue weighted by molar-refractivity contribution is -0.134. The second-order valence-electron chi connectivity index (χ2n) is 7.53. The van der Waals surface area contributed by atoms with E-state index in [1.807, 2.05) is 0 Å². The molecule has 1 aromatic carbocycles. The van der Waals surface area contributed by atoms with Gasteiger partial charge in [-0.05, 0) is 43.2 Å². The van der Waals surface area contributed by atoms with Gasteiger partial charge in [-0.15, -0.1) is 0 Å². The Kier molecular flexibility index (Phi) is 6.27. The third kappa shape index (κ3) is 4.79. The molecule has 2 amide bonds. The number of morpholine rings is 1. The molecule has 160 valence electrons. The van der Waals surface area contributed by atoms with Crippen molar-refractivity contribution in [2.24, 2.45) is 0 Å². The van der Waals surface area contributed by atoms with Crippen molar-refractivity contribution >= 4 is 11.8 Å². The van der Waals surface area contributed by atoms with Gasteiger partial charge in [0.05, 0.1) is 13.2 Å². The monoisotopic (exact) mass is 416 g/mol. The highest BCUT2D eigenvalue weighted by molar-refractivity contribution is 5.92. The number of aromatic nitrogens is 2. The van der Waals surface area contributed by atoms with Crippen LogP contribution in [0, 0.1) is 5.82 Å². The molecule has 1 N–H and O–H groups in total. The number of hydrogen-bond acceptors (Lipinski definition) is 5. The Labute approximate surface area is 173 Å². The number of H-pyrrole nitrogens is 1. The zero-order valence-corrected chi connectivity index (χ0v) is 16.7. The van der Waals surface area contributed by atoms with Gasteiger partial charge in [-0.1, -0.05) is 0 Å². The number of benzene rings is 1. The second kappa shape index (κ2) is 9.25. The van der Waals surface area contributed by atoms with Crippen molar-refractivity contribution in [2.75, 3.05) is 46.0 Å². The Morgan fingerprint density at radius 2 is 1.93 bits per heavy atom. The van der Waals surface area contributed by atoms with Crippen LogP contribution in [0.3, 0.4) is 0 Å². The van der Waals surface area contributed by atoms with Crippen molar-refractivity contribution in [3.63, 3.8) is 0 Å². The molecule has 0 aliphatic carbocycles. The fraction of sp³-hybridized carbons (Fsp3) is 0.476. The molecule has 1 aromatic heterocycles. The Morgan fingerprint density at radius 3 is 2.70 bits per heavy atom. The third-order valence-electron chi connectivity index (χ3n) is 5.50. The van der Waals surface area contributed by atoms with Crippen LogP contribution in [0.2, 0.25) is 0 Å². The van der Waals surface area contributed by atoms with Gasteiger partial charge in [0, 0.05) is 37.8 Å². The molecule has 3 heterocycles. The first-order valence-corrected chi connectivity index (χ1v) is 10.2. The molecule has 0 radical (unpaired) electrons. The van der Waals surface area contributed by atoms with Crippen molar-refractivity contribution in [1.29, 1.82) is 0 Å². The summed E-state index contributed by atoms with van der Waals surface area (Å²) in [5.41, 5.74) is 1.26. The highest BCUT2D eigenvalue weighted by atomic mass is 19.1. The van der Waals surface area contributed by atoms with E-state index in [1.165, 1.54) is 24.3 Å². The van der Waals surface area contributed by atoms with Gasteiger partial charge in [-0.3, -0.25) is 14.7 Å². The second-order valence-corrected chi connectivity index (χ2v) is 7.53. The Balaban J connectivity index is 1.33. The first-order valence-electron chi connectivity index (χ1n) is 10.2. The van der Waals surface area contributed by atoms with Crippen LogP contribution >= 0.6 is 0 Å². The van der Waals surface area contributed by atoms with Gasteiger partial charge in [0.25, 0.3) is 11.8 Å². The maximum atomic E-state index is 13.0. The Bertz CT molecular complexity index is 879. The van der Waals surface area contributed by atoms with E-state index in [1.54, 1.807) is 15.9 Å². The van der Waals surface area contributed by atoms with Crippen molar-refractivity contribution < 1.29 is 23.5 Å². The summed E-state index contributed by atoms with van der Waals surface area (Å²) in [6.45, 7) is 3.34. The zero-order chi connectivity index (χ0) is 20.9. The zero-order valence-electron chi connectivity index (χ0n) is 16.7. The molecule has 2 aromatic rings. The number of carbonyl (C=O) groups is 2. The molecule has 2 saturated heterocycles. The molecule has 2 fully saturated rings. The Hall–Kier alpha value is -2.94. The summed E-state index contributed by atoms with van der Waals surface area (Å²) < 4.78 is 23.7. The summed E-state index contributed by atoms with van der Waals surface area (Å²) in [6.07, 6.45) is 1.77. The van der Waals surface area contributed by atoms with Gasteiger partial charge in [0.1, 0.15) is 17.3 Å². The van der Waals surface area contributed by atoms with E-state index in [9.17, 15) is 14.0 Å². The van der Waals surface area contributed by atoms with E-state index >= 15 is 0 Å². The maximum absolute atomic E-state index is 13.0. The number of nitrogens with one attached hydrogen (secondary N) is 1. The summed E-state index contributed by atoms with van der Waals surface area (Å²) in [5, 5.41) is 7.19. The van der Waals surface area contributed by atoms with E-state index in [4.69, 9.17) is 9.47 Å².